The lowest BCUT2D eigenvalue weighted by Crippen LogP contribution is -2.42. The van der Waals surface area contributed by atoms with Crippen LogP contribution in [0.2, 0.25) is 0 Å². The molecule has 0 fully saturated rings. The van der Waals surface area contributed by atoms with Gasteiger partial charge in [-0.1, -0.05) is 12.2 Å². The quantitative estimate of drug-likeness (QED) is 0.727. The highest BCUT2D eigenvalue weighted by Gasteiger charge is 2.23. The van der Waals surface area contributed by atoms with Crippen LogP contribution in [0.5, 0.6) is 0 Å². The maximum atomic E-state index is 12.0. The fraction of sp³-hybridized carbons (Fsp3) is 0.769. The molecule has 1 rings (SSSR count). The van der Waals surface area contributed by atoms with Crippen molar-refractivity contribution in [1.82, 2.24) is 4.90 Å². The predicted molar refractivity (Wildman–Crippen MR) is 65.0 cm³/mol. The Morgan fingerprint density at radius 2 is 2.25 bits per heavy atom. The first-order chi connectivity index (χ1) is 7.42. The van der Waals surface area contributed by atoms with Gasteiger partial charge in [0.05, 0.1) is 5.60 Å². The Morgan fingerprint density at radius 3 is 2.69 bits per heavy atom. The van der Waals surface area contributed by atoms with Gasteiger partial charge in [-0.2, -0.15) is 0 Å². The van der Waals surface area contributed by atoms with Gasteiger partial charge in [0, 0.05) is 19.5 Å². The van der Waals surface area contributed by atoms with Crippen molar-refractivity contribution < 1.29 is 9.90 Å². The van der Waals surface area contributed by atoms with Crippen molar-refractivity contribution in [2.24, 2.45) is 5.92 Å². The summed E-state index contributed by atoms with van der Waals surface area (Å²) < 4.78 is 0. The molecule has 3 heteroatoms. The Hall–Kier alpha value is -0.830. The van der Waals surface area contributed by atoms with Gasteiger partial charge in [-0.25, -0.2) is 0 Å². The van der Waals surface area contributed by atoms with E-state index in [9.17, 15) is 9.90 Å². The van der Waals surface area contributed by atoms with Gasteiger partial charge in [-0.15, -0.1) is 0 Å². The largest absolute Gasteiger partial charge is 0.389 e. The zero-order valence-electron chi connectivity index (χ0n) is 10.6. The Balaban J connectivity index is 2.45. The van der Waals surface area contributed by atoms with Crippen molar-refractivity contribution >= 4 is 5.91 Å². The van der Waals surface area contributed by atoms with Crippen molar-refractivity contribution in [3.8, 4) is 0 Å². The molecule has 0 heterocycles. The molecule has 0 aliphatic heterocycles. The second-order valence-electron chi connectivity index (χ2n) is 5.19. The minimum Gasteiger partial charge on any atom is -0.389 e. The minimum absolute atomic E-state index is 0.154. The summed E-state index contributed by atoms with van der Waals surface area (Å²) in [6.07, 6.45) is 7.04. The lowest BCUT2D eigenvalue weighted by atomic mass is 10.0. The van der Waals surface area contributed by atoms with Gasteiger partial charge in [0.15, 0.2) is 0 Å². The van der Waals surface area contributed by atoms with Crippen LogP contribution >= 0.6 is 0 Å². The Morgan fingerprint density at radius 1 is 1.56 bits per heavy atom. The monoisotopic (exact) mass is 225 g/mol. The number of carbonyl (C=O) groups is 1. The normalized spacial score (nSPS) is 20.1. The fourth-order valence-electron chi connectivity index (χ4n) is 2.06. The molecule has 1 atom stereocenters. The minimum atomic E-state index is -0.808. The van der Waals surface area contributed by atoms with E-state index in [1.165, 1.54) is 0 Å². The summed E-state index contributed by atoms with van der Waals surface area (Å²) in [5.74, 6) is 0.560. The van der Waals surface area contributed by atoms with E-state index in [0.717, 1.165) is 12.8 Å². The first-order valence-corrected chi connectivity index (χ1v) is 6.09. The molecule has 3 nitrogen and oxygen atoms in total. The molecular formula is C13H23NO2. The number of amides is 1. The van der Waals surface area contributed by atoms with Crippen LogP contribution in [-0.2, 0) is 4.79 Å². The molecule has 0 spiro atoms. The molecular weight excluding hydrogens is 202 g/mol. The van der Waals surface area contributed by atoms with Crippen LogP contribution in [0, 0.1) is 5.92 Å². The van der Waals surface area contributed by atoms with Gasteiger partial charge in [0.25, 0.3) is 0 Å². The molecule has 0 radical (unpaired) electrons. The second kappa shape index (κ2) is 5.48. The van der Waals surface area contributed by atoms with E-state index in [4.69, 9.17) is 0 Å². The van der Waals surface area contributed by atoms with Crippen LogP contribution in [0.15, 0.2) is 12.2 Å². The molecule has 1 amide bonds. The summed E-state index contributed by atoms with van der Waals surface area (Å²) in [4.78, 5) is 13.7. The topological polar surface area (TPSA) is 40.5 Å². The Kier molecular flexibility index (Phi) is 4.54. The van der Waals surface area contributed by atoms with Crippen LogP contribution in [0.1, 0.15) is 40.0 Å². The molecule has 0 saturated heterocycles. The van der Waals surface area contributed by atoms with Crippen LogP contribution < -0.4 is 0 Å². The summed E-state index contributed by atoms with van der Waals surface area (Å²) in [6.45, 7) is 6.50. The van der Waals surface area contributed by atoms with E-state index in [2.05, 4.69) is 12.2 Å². The maximum Gasteiger partial charge on any atom is 0.223 e. The summed E-state index contributed by atoms with van der Waals surface area (Å²) >= 11 is 0. The molecule has 0 unspecified atom stereocenters. The number of hydrogen-bond acceptors (Lipinski definition) is 2. The van der Waals surface area contributed by atoms with Gasteiger partial charge in [-0.3, -0.25) is 4.79 Å². The van der Waals surface area contributed by atoms with E-state index in [1.807, 2.05) is 6.92 Å². The van der Waals surface area contributed by atoms with Gasteiger partial charge < -0.3 is 10.0 Å². The number of carbonyl (C=O) groups excluding carboxylic acids is 1. The average Bonchev–Trinajstić information content (AvgIpc) is 2.65. The maximum absolute atomic E-state index is 12.0. The molecule has 0 saturated carbocycles. The Labute approximate surface area is 98.1 Å². The molecule has 0 aromatic rings. The summed E-state index contributed by atoms with van der Waals surface area (Å²) in [5.41, 5.74) is -0.808. The van der Waals surface area contributed by atoms with Crippen LogP contribution in [0.4, 0.5) is 0 Å². The van der Waals surface area contributed by atoms with Crippen molar-refractivity contribution in [2.75, 3.05) is 13.1 Å². The molecule has 0 aromatic heterocycles. The first-order valence-electron chi connectivity index (χ1n) is 6.09. The van der Waals surface area contributed by atoms with Crippen LogP contribution in [0.3, 0.4) is 0 Å². The number of likely N-dealkylation sites (N-methyl/N-ethyl adjacent to an activating group) is 1. The third-order valence-electron chi connectivity index (χ3n) is 2.86. The van der Waals surface area contributed by atoms with E-state index < -0.39 is 5.60 Å². The van der Waals surface area contributed by atoms with Crippen molar-refractivity contribution in [3.05, 3.63) is 12.2 Å². The number of allylic oxidation sites excluding steroid dienone is 2. The van der Waals surface area contributed by atoms with E-state index >= 15 is 0 Å². The van der Waals surface area contributed by atoms with Crippen molar-refractivity contribution in [2.45, 2.75) is 45.6 Å². The van der Waals surface area contributed by atoms with Gasteiger partial charge in [-0.05, 0) is 39.5 Å². The Bertz CT molecular complexity index is 266. The number of rotatable bonds is 5. The van der Waals surface area contributed by atoms with Crippen LogP contribution in [0.25, 0.3) is 0 Å². The molecule has 16 heavy (non-hydrogen) atoms. The molecule has 0 aromatic carbocycles. The molecule has 1 aliphatic carbocycles. The highest BCUT2D eigenvalue weighted by molar-refractivity contribution is 5.76. The first kappa shape index (κ1) is 13.2. The summed E-state index contributed by atoms with van der Waals surface area (Å²) in [5, 5.41) is 9.72. The second-order valence-corrected chi connectivity index (χ2v) is 5.19. The summed E-state index contributed by atoms with van der Waals surface area (Å²) in [6, 6.07) is 0. The third-order valence-corrected chi connectivity index (χ3v) is 2.86. The van der Waals surface area contributed by atoms with Gasteiger partial charge in [0.2, 0.25) is 5.91 Å². The standard InChI is InChI=1S/C13H23NO2/c1-4-14(10-13(2,3)16)12(15)9-11-7-5-6-8-11/h5,7,11,16H,4,6,8-10H2,1-3H3/t11-/m0/s1. The zero-order chi connectivity index (χ0) is 12.2. The van der Waals surface area contributed by atoms with Gasteiger partial charge in [0.1, 0.15) is 0 Å². The molecule has 1 aliphatic rings. The lowest BCUT2D eigenvalue weighted by molar-refractivity contribution is -0.134. The third kappa shape index (κ3) is 4.35. The predicted octanol–water partition coefficient (Wildman–Crippen LogP) is 1.96. The molecule has 1 N–H and O–H groups in total. The number of hydrogen-bond donors (Lipinski definition) is 1. The van der Waals surface area contributed by atoms with Gasteiger partial charge >= 0.3 is 0 Å². The molecule has 0 bridgehead atoms. The highest BCUT2D eigenvalue weighted by atomic mass is 16.3. The highest BCUT2D eigenvalue weighted by Crippen LogP contribution is 2.21. The van der Waals surface area contributed by atoms with Crippen LogP contribution in [-0.4, -0.2) is 34.6 Å². The van der Waals surface area contributed by atoms with E-state index in [-0.39, 0.29) is 5.91 Å². The average molecular weight is 225 g/mol. The number of aliphatic hydroxyl groups is 1. The summed E-state index contributed by atoms with van der Waals surface area (Å²) in [7, 11) is 0. The smallest absolute Gasteiger partial charge is 0.223 e. The van der Waals surface area contributed by atoms with E-state index in [1.54, 1.807) is 18.7 Å². The fourth-order valence-corrected chi connectivity index (χ4v) is 2.06. The van der Waals surface area contributed by atoms with Crippen molar-refractivity contribution in [1.29, 1.82) is 0 Å². The van der Waals surface area contributed by atoms with E-state index in [0.29, 0.717) is 25.4 Å². The van der Waals surface area contributed by atoms with Crippen molar-refractivity contribution in [3.63, 3.8) is 0 Å². The lowest BCUT2D eigenvalue weighted by Gasteiger charge is -2.28. The SMILES string of the molecule is CCN(CC(C)(C)O)C(=O)C[C@H]1C=CCC1. The zero-order valence-corrected chi connectivity index (χ0v) is 10.6. The molecule has 92 valence electrons. The number of nitrogens with zero attached hydrogens (tertiary/aromatic N) is 1.